The van der Waals surface area contributed by atoms with Gasteiger partial charge in [-0.25, -0.2) is 4.98 Å². The largest absolute Gasteiger partial charge is 0.348 e. The van der Waals surface area contributed by atoms with E-state index in [1.54, 1.807) is 17.1 Å². The molecule has 1 aliphatic rings. The summed E-state index contributed by atoms with van der Waals surface area (Å²) in [7, 11) is 1.82. The van der Waals surface area contributed by atoms with Gasteiger partial charge in [0.1, 0.15) is 5.69 Å². The van der Waals surface area contributed by atoms with Crippen LogP contribution in [0.1, 0.15) is 23.8 Å². The van der Waals surface area contributed by atoms with Crippen molar-refractivity contribution in [3.05, 3.63) is 18.2 Å². The standard InChI is InChI=1S/C9H13N3O/c1-6-3-7(6)11-9(13)8-4-10-5-12(8)2/h4-7H,3H2,1-2H3,(H,11,13). The Morgan fingerprint density at radius 1 is 1.77 bits per heavy atom. The fourth-order valence-corrected chi connectivity index (χ4v) is 1.34. The van der Waals surface area contributed by atoms with Crippen molar-refractivity contribution in [2.24, 2.45) is 13.0 Å². The molecule has 1 aromatic rings. The fraction of sp³-hybridized carbons (Fsp3) is 0.556. The second kappa shape index (κ2) is 2.87. The molecule has 4 heteroatoms. The Morgan fingerprint density at radius 2 is 2.46 bits per heavy atom. The number of aryl methyl sites for hydroxylation is 1. The van der Waals surface area contributed by atoms with Gasteiger partial charge in [0, 0.05) is 13.1 Å². The van der Waals surface area contributed by atoms with Crippen LogP contribution in [0.3, 0.4) is 0 Å². The van der Waals surface area contributed by atoms with Gasteiger partial charge in [-0.3, -0.25) is 4.79 Å². The number of amides is 1. The smallest absolute Gasteiger partial charge is 0.269 e. The highest BCUT2D eigenvalue weighted by Gasteiger charge is 2.34. The molecule has 1 saturated carbocycles. The maximum atomic E-state index is 11.6. The van der Waals surface area contributed by atoms with E-state index in [2.05, 4.69) is 17.2 Å². The Bertz CT molecular complexity index is 331. The van der Waals surface area contributed by atoms with Gasteiger partial charge in [-0.1, -0.05) is 6.92 Å². The summed E-state index contributed by atoms with van der Waals surface area (Å²) in [6.45, 7) is 2.13. The second-order valence-electron chi connectivity index (χ2n) is 3.68. The Hall–Kier alpha value is -1.32. The third-order valence-electron chi connectivity index (χ3n) is 2.48. The van der Waals surface area contributed by atoms with E-state index in [0.717, 1.165) is 6.42 Å². The molecule has 2 rings (SSSR count). The third kappa shape index (κ3) is 1.56. The zero-order chi connectivity index (χ0) is 9.42. The quantitative estimate of drug-likeness (QED) is 0.721. The average Bonchev–Trinajstić information content (AvgIpc) is 2.62. The second-order valence-corrected chi connectivity index (χ2v) is 3.68. The van der Waals surface area contributed by atoms with Crippen LogP contribution in [-0.4, -0.2) is 21.5 Å². The lowest BCUT2D eigenvalue weighted by molar-refractivity contribution is 0.0941. The number of hydrogen-bond acceptors (Lipinski definition) is 2. The van der Waals surface area contributed by atoms with Gasteiger partial charge in [0.15, 0.2) is 0 Å². The first-order valence-electron chi connectivity index (χ1n) is 4.45. The normalized spacial score (nSPS) is 25.7. The van der Waals surface area contributed by atoms with Crippen LogP contribution in [0.5, 0.6) is 0 Å². The molecule has 1 N–H and O–H groups in total. The van der Waals surface area contributed by atoms with E-state index in [1.165, 1.54) is 0 Å². The molecular formula is C9H13N3O. The lowest BCUT2D eigenvalue weighted by atomic mass is 10.4. The van der Waals surface area contributed by atoms with E-state index in [-0.39, 0.29) is 5.91 Å². The van der Waals surface area contributed by atoms with Crippen LogP contribution in [0, 0.1) is 5.92 Å². The predicted molar refractivity (Wildman–Crippen MR) is 48.2 cm³/mol. The van der Waals surface area contributed by atoms with Crippen LogP contribution >= 0.6 is 0 Å². The number of rotatable bonds is 2. The minimum absolute atomic E-state index is 0.0191. The highest BCUT2D eigenvalue weighted by Crippen LogP contribution is 2.29. The van der Waals surface area contributed by atoms with Gasteiger partial charge >= 0.3 is 0 Å². The molecule has 70 valence electrons. The van der Waals surface area contributed by atoms with Crippen molar-refractivity contribution in [3.8, 4) is 0 Å². The van der Waals surface area contributed by atoms with Crippen molar-refractivity contribution in [1.29, 1.82) is 0 Å². The van der Waals surface area contributed by atoms with Crippen molar-refractivity contribution < 1.29 is 4.79 Å². The highest BCUT2D eigenvalue weighted by molar-refractivity contribution is 5.92. The molecule has 1 fully saturated rings. The maximum Gasteiger partial charge on any atom is 0.269 e. The number of imidazole rings is 1. The average molecular weight is 179 g/mol. The van der Waals surface area contributed by atoms with Crippen molar-refractivity contribution in [2.75, 3.05) is 0 Å². The first-order chi connectivity index (χ1) is 6.18. The third-order valence-corrected chi connectivity index (χ3v) is 2.48. The summed E-state index contributed by atoms with van der Waals surface area (Å²) in [5.74, 6) is 0.617. The summed E-state index contributed by atoms with van der Waals surface area (Å²) in [6, 6.07) is 0.377. The number of hydrogen-bond donors (Lipinski definition) is 1. The minimum atomic E-state index is -0.0191. The van der Waals surface area contributed by atoms with Crippen LogP contribution in [0.2, 0.25) is 0 Å². The molecule has 1 aromatic heterocycles. The summed E-state index contributed by atoms with van der Waals surface area (Å²) >= 11 is 0. The predicted octanol–water partition coefficient (Wildman–Crippen LogP) is 0.558. The molecular weight excluding hydrogens is 166 g/mol. The molecule has 0 aromatic carbocycles. The van der Waals surface area contributed by atoms with Gasteiger partial charge in [-0.15, -0.1) is 0 Å². The van der Waals surface area contributed by atoms with E-state index in [9.17, 15) is 4.79 Å². The molecule has 2 atom stereocenters. The molecule has 1 heterocycles. The first-order valence-corrected chi connectivity index (χ1v) is 4.45. The number of nitrogens with one attached hydrogen (secondary N) is 1. The van der Waals surface area contributed by atoms with E-state index in [0.29, 0.717) is 17.7 Å². The molecule has 0 bridgehead atoms. The molecule has 0 spiro atoms. The molecule has 1 amide bonds. The summed E-state index contributed by atoms with van der Waals surface area (Å²) in [5, 5.41) is 2.95. The Kier molecular flexibility index (Phi) is 1.83. The Labute approximate surface area is 77.0 Å². The van der Waals surface area contributed by atoms with Crippen LogP contribution in [0.15, 0.2) is 12.5 Å². The molecule has 0 saturated heterocycles. The van der Waals surface area contributed by atoms with E-state index >= 15 is 0 Å². The summed E-state index contributed by atoms with van der Waals surface area (Å²) < 4.78 is 1.72. The summed E-state index contributed by atoms with van der Waals surface area (Å²) in [5.41, 5.74) is 0.624. The summed E-state index contributed by atoms with van der Waals surface area (Å²) in [4.78, 5) is 15.4. The van der Waals surface area contributed by atoms with Crippen LogP contribution in [-0.2, 0) is 7.05 Å². The molecule has 0 aliphatic heterocycles. The molecule has 2 unspecified atom stereocenters. The Morgan fingerprint density at radius 3 is 2.92 bits per heavy atom. The number of carbonyl (C=O) groups is 1. The lowest BCUT2D eigenvalue weighted by Gasteiger charge is -2.03. The van der Waals surface area contributed by atoms with Gasteiger partial charge in [0.05, 0.1) is 12.5 Å². The van der Waals surface area contributed by atoms with Crippen LogP contribution < -0.4 is 5.32 Å². The van der Waals surface area contributed by atoms with Gasteiger partial charge in [0.25, 0.3) is 5.91 Å². The van der Waals surface area contributed by atoms with Gasteiger partial charge < -0.3 is 9.88 Å². The van der Waals surface area contributed by atoms with Gasteiger partial charge in [-0.05, 0) is 12.3 Å². The van der Waals surface area contributed by atoms with E-state index < -0.39 is 0 Å². The monoisotopic (exact) mass is 179 g/mol. The number of nitrogens with zero attached hydrogens (tertiary/aromatic N) is 2. The van der Waals surface area contributed by atoms with E-state index in [1.807, 2.05) is 7.05 Å². The lowest BCUT2D eigenvalue weighted by Crippen LogP contribution is -2.28. The number of aromatic nitrogens is 2. The minimum Gasteiger partial charge on any atom is -0.348 e. The van der Waals surface area contributed by atoms with Crippen molar-refractivity contribution >= 4 is 5.91 Å². The Balaban J connectivity index is 2.01. The SMILES string of the molecule is CC1CC1NC(=O)c1cncn1C. The van der Waals surface area contributed by atoms with Crippen molar-refractivity contribution in [2.45, 2.75) is 19.4 Å². The molecule has 4 nitrogen and oxygen atoms in total. The van der Waals surface area contributed by atoms with Gasteiger partial charge in [0.2, 0.25) is 0 Å². The van der Waals surface area contributed by atoms with Crippen molar-refractivity contribution in [3.63, 3.8) is 0 Å². The summed E-state index contributed by atoms with van der Waals surface area (Å²) in [6.07, 6.45) is 4.32. The van der Waals surface area contributed by atoms with E-state index in [4.69, 9.17) is 0 Å². The fourth-order valence-electron chi connectivity index (χ4n) is 1.34. The van der Waals surface area contributed by atoms with Crippen molar-refractivity contribution in [1.82, 2.24) is 14.9 Å². The molecule has 13 heavy (non-hydrogen) atoms. The van der Waals surface area contributed by atoms with Crippen LogP contribution in [0.25, 0.3) is 0 Å². The van der Waals surface area contributed by atoms with Gasteiger partial charge in [-0.2, -0.15) is 0 Å². The number of carbonyl (C=O) groups excluding carboxylic acids is 1. The zero-order valence-electron chi connectivity index (χ0n) is 7.82. The highest BCUT2D eigenvalue weighted by atomic mass is 16.2. The van der Waals surface area contributed by atoms with Crippen LogP contribution in [0.4, 0.5) is 0 Å². The zero-order valence-corrected chi connectivity index (χ0v) is 7.82. The first kappa shape index (κ1) is 8.29. The topological polar surface area (TPSA) is 46.9 Å². The maximum absolute atomic E-state index is 11.6. The molecule has 1 aliphatic carbocycles. The molecule has 0 radical (unpaired) electrons.